The van der Waals surface area contributed by atoms with Gasteiger partial charge in [0.1, 0.15) is 13.1 Å². The van der Waals surface area contributed by atoms with Gasteiger partial charge in [-0.3, -0.25) is 0 Å². The molecule has 0 atom stereocenters. The summed E-state index contributed by atoms with van der Waals surface area (Å²) in [6, 6.07) is 0. The highest BCUT2D eigenvalue weighted by atomic mass is 16.5. The highest BCUT2D eigenvalue weighted by Gasteiger charge is 2.23. The third-order valence-electron chi connectivity index (χ3n) is 2.24. The Bertz CT molecular complexity index is 207. The summed E-state index contributed by atoms with van der Waals surface area (Å²) in [6.45, 7) is 4.78. The maximum atomic E-state index is 11.3. The van der Waals surface area contributed by atoms with Gasteiger partial charge in [0.2, 0.25) is 0 Å². The molecule has 0 fully saturated rings. The molecular weight excluding hydrogens is 192 g/mol. The van der Waals surface area contributed by atoms with E-state index in [0.717, 1.165) is 17.6 Å². The van der Waals surface area contributed by atoms with Crippen molar-refractivity contribution in [1.82, 2.24) is 0 Å². The maximum absolute atomic E-state index is 11.3. The van der Waals surface area contributed by atoms with Crippen molar-refractivity contribution in [3.63, 3.8) is 0 Å². The van der Waals surface area contributed by atoms with E-state index in [0.29, 0.717) is 17.6 Å². The van der Waals surface area contributed by atoms with E-state index >= 15 is 0 Å². The molecule has 0 saturated carbocycles. The summed E-state index contributed by atoms with van der Waals surface area (Å²) in [6.07, 6.45) is 0. The molecule has 0 aromatic carbocycles. The first-order valence-electron chi connectivity index (χ1n) is 5.44. The largest absolute Gasteiger partial charge is 0.462 e. The van der Waals surface area contributed by atoms with Gasteiger partial charge in [0, 0.05) is 0 Å². The Morgan fingerprint density at radius 1 is 1.07 bits per heavy atom. The summed E-state index contributed by atoms with van der Waals surface area (Å²) in [4.78, 5) is 11.3. The van der Waals surface area contributed by atoms with Crippen molar-refractivity contribution >= 4 is 5.97 Å². The molecule has 0 unspecified atom stereocenters. The van der Waals surface area contributed by atoms with Gasteiger partial charge in [-0.25, -0.2) is 4.79 Å². The topological polar surface area (TPSA) is 26.3 Å². The molecule has 90 valence electrons. The lowest BCUT2D eigenvalue weighted by atomic mass is 10.4. The van der Waals surface area contributed by atoms with Crippen LogP contribution in [0.25, 0.3) is 0 Å². The van der Waals surface area contributed by atoms with E-state index in [2.05, 4.69) is 35.2 Å². The van der Waals surface area contributed by atoms with Crippen molar-refractivity contribution in [2.45, 2.75) is 6.92 Å². The van der Waals surface area contributed by atoms with Crippen molar-refractivity contribution in [2.24, 2.45) is 0 Å². The molecule has 0 rings (SSSR count). The van der Waals surface area contributed by atoms with Crippen molar-refractivity contribution < 1.29 is 18.5 Å². The van der Waals surface area contributed by atoms with Crippen molar-refractivity contribution in [2.75, 3.05) is 61.5 Å². The number of likely N-dealkylation sites (N-methyl/N-ethyl adjacent to an activating group) is 2. The first-order valence-corrected chi connectivity index (χ1v) is 5.44. The Hall–Kier alpha value is -0.610. The van der Waals surface area contributed by atoms with Gasteiger partial charge in [-0.05, 0) is 6.92 Å². The first-order chi connectivity index (χ1) is 6.66. The van der Waals surface area contributed by atoms with Crippen LogP contribution >= 0.6 is 0 Å². The van der Waals surface area contributed by atoms with Crippen LogP contribution in [0.2, 0.25) is 0 Å². The normalized spacial score (nSPS) is 12.7. The Balaban J connectivity index is 4.02. The molecule has 0 heterocycles. The van der Waals surface area contributed by atoms with Gasteiger partial charge < -0.3 is 13.7 Å². The van der Waals surface area contributed by atoms with Gasteiger partial charge in [0.05, 0.1) is 41.8 Å². The monoisotopic (exact) mass is 218 g/mol. The van der Waals surface area contributed by atoms with E-state index in [9.17, 15) is 4.79 Å². The molecule has 0 bridgehead atoms. The molecule has 0 amide bonds. The van der Waals surface area contributed by atoms with E-state index < -0.39 is 0 Å². The molecule has 15 heavy (non-hydrogen) atoms. The second-order valence-electron chi connectivity index (χ2n) is 5.64. The first kappa shape index (κ1) is 14.4. The molecular formula is C11H26N2O2+2. The molecule has 0 aliphatic carbocycles. The molecule has 0 N–H and O–H groups in total. The Morgan fingerprint density at radius 2 is 1.60 bits per heavy atom. The van der Waals surface area contributed by atoms with Gasteiger partial charge in [0.25, 0.3) is 0 Å². The Morgan fingerprint density at radius 3 is 2.00 bits per heavy atom. The van der Waals surface area contributed by atoms with Crippen molar-refractivity contribution in [1.29, 1.82) is 0 Å². The minimum Gasteiger partial charge on any atom is -0.462 e. The standard InChI is InChI=1S/C11H26N2O2/c1-7-15-11(14)10-13(5,6)9-8-12(2,3)4/h7-10H2,1-6H3/q+2. The van der Waals surface area contributed by atoms with Crippen LogP contribution in [0.1, 0.15) is 6.92 Å². The zero-order valence-corrected chi connectivity index (χ0v) is 11.0. The molecule has 0 spiro atoms. The minimum absolute atomic E-state index is 0.107. The second kappa shape index (κ2) is 5.47. The fourth-order valence-corrected chi connectivity index (χ4v) is 1.21. The van der Waals surface area contributed by atoms with Crippen molar-refractivity contribution in [3.8, 4) is 0 Å². The summed E-state index contributed by atoms with van der Waals surface area (Å²) in [5, 5.41) is 0. The predicted molar refractivity (Wildman–Crippen MR) is 61.4 cm³/mol. The van der Waals surface area contributed by atoms with E-state index in [1.807, 2.05) is 6.92 Å². The lowest BCUT2D eigenvalue weighted by Crippen LogP contribution is -2.51. The average Bonchev–Trinajstić information content (AvgIpc) is 1.99. The molecule has 4 heteroatoms. The summed E-state index contributed by atoms with van der Waals surface area (Å²) >= 11 is 0. The number of rotatable bonds is 6. The Kier molecular flexibility index (Phi) is 5.24. The van der Waals surface area contributed by atoms with Crippen LogP contribution in [0.3, 0.4) is 0 Å². The maximum Gasteiger partial charge on any atom is 0.361 e. The van der Waals surface area contributed by atoms with E-state index in [4.69, 9.17) is 4.74 Å². The van der Waals surface area contributed by atoms with Crippen LogP contribution in [0.4, 0.5) is 0 Å². The number of ether oxygens (including phenoxy) is 1. The molecule has 0 aromatic rings. The lowest BCUT2D eigenvalue weighted by molar-refractivity contribution is -0.933. The van der Waals surface area contributed by atoms with Crippen LogP contribution in [-0.2, 0) is 9.53 Å². The van der Waals surface area contributed by atoms with Gasteiger partial charge in [-0.1, -0.05) is 0 Å². The summed E-state index contributed by atoms with van der Waals surface area (Å²) < 4.78 is 6.56. The van der Waals surface area contributed by atoms with Crippen LogP contribution in [0, 0.1) is 0 Å². The molecule has 0 saturated heterocycles. The summed E-state index contributed by atoms with van der Waals surface area (Å²) in [5.74, 6) is -0.107. The predicted octanol–water partition coefficient (Wildman–Crippen LogP) is 0.332. The number of hydrogen-bond donors (Lipinski definition) is 0. The van der Waals surface area contributed by atoms with Gasteiger partial charge in [-0.15, -0.1) is 0 Å². The smallest absolute Gasteiger partial charge is 0.361 e. The van der Waals surface area contributed by atoms with Crippen LogP contribution < -0.4 is 0 Å². The minimum atomic E-state index is -0.107. The quantitative estimate of drug-likeness (QED) is 0.474. The van der Waals surface area contributed by atoms with E-state index in [1.54, 1.807) is 0 Å². The van der Waals surface area contributed by atoms with Gasteiger partial charge >= 0.3 is 5.97 Å². The third kappa shape index (κ3) is 8.39. The van der Waals surface area contributed by atoms with E-state index in [1.165, 1.54) is 0 Å². The van der Waals surface area contributed by atoms with Gasteiger partial charge in [-0.2, -0.15) is 0 Å². The number of esters is 1. The molecule has 0 aliphatic rings. The molecule has 0 radical (unpaired) electrons. The lowest BCUT2D eigenvalue weighted by Gasteiger charge is -2.32. The number of nitrogens with zero attached hydrogens (tertiary/aromatic N) is 2. The number of carbonyl (C=O) groups is 1. The van der Waals surface area contributed by atoms with Crippen LogP contribution in [-0.4, -0.2) is 76.4 Å². The highest BCUT2D eigenvalue weighted by Crippen LogP contribution is 2.00. The zero-order chi connectivity index (χ0) is 12.1. The number of hydrogen-bond acceptors (Lipinski definition) is 2. The third-order valence-corrected chi connectivity index (χ3v) is 2.24. The average molecular weight is 218 g/mol. The van der Waals surface area contributed by atoms with E-state index in [-0.39, 0.29) is 5.97 Å². The number of quaternary nitrogens is 2. The highest BCUT2D eigenvalue weighted by molar-refractivity contribution is 5.70. The summed E-state index contributed by atoms with van der Waals surface area (Å²) in [7, 11) is 10.6. The number of carbonyl (C=O) groups excluding carboxylic acids is 1. The Labute approximate surface area is 93.6 Å². The molecule has 4 nitrogen and oxygen atoms in total. The summed E-state index contributed by atoms with van der Waals surface area (Å²) in [5.41, 5.74) is 0. The second-order valence-corrected chi connectivity index (χ2v) is 5.64. The fourth-order valence-electron chi connectivity index (χ4n) is 1.21. The zero-order valence-electron chi connectivity index (χ0n) is 11.0. The van der Waals surface area contributed by atoms with Crippen LogP contribution in [0.15, 0.2) is 0 Å². The fraction of sp³-hybridized carbons (Fsp3) is 0.909. The molecule has 0 aliphatic heterocycles. The molecule has 0 aromatic heterocycles. The van der Waals surface area contributed by atoms with Crippen molar-refractivity contribution in [3.05, 3.63) is 0 Å². The SMILES string of the molecule is CCOC(=O)C[N+](C)(C)CC[N+](C)(C)C. The van der Waals surface area contributed by atoms with Gasteiger partial charge in [0.15, 0.2) is 6.54 Å². The van der Waals surface area contributed by atoms with Crippen LogP contribution in [0.5, 0.6) is 0 Å².